The number of halogens is 1. The smallest absolute Gasteiger partial charge is 0.338 e. The minimum Gasteiger partial charge on any atom is -0.459 e. The number of hydrogen-bond acceptors (Lipinski definition) is 5. The lowest BCUT2D eigenvalue weighted by atomic mass is 9.92. The van der Waals surface area contributed by atoms with Gasteiger partial charge in [-0.1, -0.05) is 12.1 Å². The van der Waals surface area contributed by atoms with E-state index in [4.69, 9.17) is 4.74 Å². The monoisotopic (exact) mass is 427 g/mol. The predicted octanol–water partition coefficient (Wildman–Crippen LogP) is 2.80. The number of imide groups is 1. The van der Waals surface area contributed by atoms with E-state index in [1.165, 1.54) is 55.5 Å². The minimum atomic E-state index is -1.40. The van der Waals surface area contributed by atoms with Crippen LogP contribution in [0.1, 0.15) is 36.7 Å². The number of nitrogens with one attached hydrogen (secondary N) is 2. The zero-order chi connectivity index (χ0) is 22.8. The number of esters is 1. The van der Waals surface area contributed by atoms with E-state index in [-0.39, 0.29) is 6.10 Å². The Labute approximate surface area is 178 Å². The van der Waals surface area contributed by atoms with Crippen molar-refractivity contribution in [3.8, 4) is 0 Å². The third-order valence-electron chi connectivity index (χ3n) is 4.75. The molecule has 2 N–H and O–H groups in total. The Kier molecular flexibility index (Phi) is 6.05. The summed E-state index contributed by atoms with van der Waals surface area (Å²) in [6.45, 7) is 4.47. The van der Waals surface area contributed by atoms with Crippen LogP contribution in [0.5, 0.6) is 0 Å². The van der Waals surface area contributed by atoms with Crippen LogP contribution < -0.4 is 10.6 Å². The van der Waals surface area contributed by atoms with Gasteiger partial charge in [0.05, 0.1) is 11.7 Å². The van der Waals surface area contributed by atoms with Crippen LogP contribution in [0, 0.1) is 5.82 Å². The molecule has 0 radical (unpaired) electrons. The maximum absolute atomic E-state index is 13.2. The molecule has 0 aliphatic carbocycles. The van der Waals surface area contributed by atoms with E-state index >= 15 is 0 Å². The number of anilines is 1. The average Bonchev–Trinajstić information content (AvgIpc) is 2.92. The Morgan fingerprint density at radius 2 is 1.71 bits per heavy atom. The number of benzene rings is 2. The summed E-state index contributed by atoms with van der Waals surface area (Å²) in [7, 11) is 0. The van der Waals surface area contributed by atoms with E-state index in [2.05, 4.69) is 10.6 Å². The zero-order valence-electron chi connectivity index (χ0n) is 17.3. The molecule has 0 spiro atoms. The fourth-order valence-electron chi connectivity index (χ4n) is 3.14. The molecule has 0 bridgehead atoms. The Morgan fingerprint density at radius 1 is 1.10 bits per heavy atom. The standard InChI is InChI=1S/C22H22FN3O5/c1-13(2)31-19(28)14-4-10-17(11-5-14)24-18(27)12-26-20(29)22(3,25-21(26)30)15-6-8-16(23)9-7-15/h4-11,13H,12H2,1-3H3,(H,24,27)(H,25,30). The highest BCUT2D eigenvalue weighted by Crippen LogP contribution is 2.28. The average molecular weight is 427 g/mol. The number of urea groups is 1. The Bertz CT molecular complexity index is 1020. The van der Waals surface area contributed by atoms with Crippen LogP contribution in [0.4, 0.5) is 14.9 Å². The maximum atomic E-state index is 13.2. The van der Waals surface area contributed by atoms with E-state index in [9.17, 15) is 23.6 Å². The molecule has 2 aromatic carbocycles. The molecular formula is C22H22FN3O5. The first-order chi connectivity index (χ1) is 14.6. The fraction of sp³-hybridized carbons (Fsp3) is 0.273. The second kappa shape index (κ2) is 8.55. The van der Waals surface area contributed by atoms with Gasteiger partial charge in [0.25, 0.3) is 5.91 Å². The molecule has 1 fully saturated rings. The van der Waals surface area contributed by atoms with Crippen molar-refractivity contribution >= 4 is 29.5 Å². The second-order valence-corrected chi connectivity index (χ2v) is 7.53. The summed E-state index contributed by atoms with van der Waals surface area (Å²) in [5, 5.41) is 5.13. The lowest BCUT2D eigenvalue weighted by molar-refractivity contribution is -0.133. The largest absolute Gasteiger partial charge is 0.459 e. The molecule has 1 heterocycles. The molecule has 1 saturated heterocycles. The summed E-state index contributed by atoms with van der Waals surface area (Å²) >= 11 is 0. The summed E-state index contributed by atoms with van der Waals surface area (Å²) in [6, 6.07) is 10.5. The topological polar surface area (TPSA) is 105 Å². The first kappa shape index (κ1) is 21.9. The van der Waals surface area contributed by atoms with Crippen molar-refractivity contribution in [2.75, 3.05) is 11.9 Å². The second-order valence-electron chi connectivity index (χ2n) is 7.53. The van der Waals surface area contributed by atoms with Crippen LogP contribution in [0.2, 0.25) is 0 Å². The van der Waals surface area contributed by atoms with E-state index < -0.39 is 41.7 Å². The molecule has 1 aliphatic heterocycles. The molecule has 4 amide bonds. The molecular weight excluding hydrogens is 405 g/mol. The van der Waals surface area contributed by atoms with Gasteiger partial charge in [-0.15, -0.1) is 0 Å². The van der Waals surface area contributed by atoms with Gasteiger partial charge in [-0.25, -0.2) is 14.0 Å². The Morgan fingerprint density at radius 3 is 2.29 bits per heavy atom. The van der Waals surface area contributed by atoms with Crippen LogP contribution >= 0.6 is 0 Å². The highest BCUT2D eigenvalue weighted by molar-refractivity contribution is 6.10. The molecule has 0 saturated carbocycles. The van der Waals surface area contributed by atoms with E-state index in [1.807, 2.05) is 0 Å². The number of amides is 4. The molecule has 1 unspecified atom stereocenters. The molecule has 0 aromatic heterocycles. The third-order valence-corrected chi connectivity index (χ3v) is 4.75. The lowest BCUT2D eigenvalue weighted by Crippen LogP contribution is -2.42. The summed E-state index contributed by atoms with van der Waals surface area (Å²) in [4.78, 5) is 50.2. The summed E-state index contributed by atoms with van der Waals surface area (Å²) in [5.41, 5.74) is -0.280. The van der Waals surface area contributed by atoms with Crippen molar-refractivity contribution in [1.82, 2.24) is 10.2 Å². The highest BCUT2D eigenvalue weighted by Gasteiger charge is 2.49. The Balaban J connectivity index is 1.65. The number of rotatable bonds is 6. The molecule has 8 nitrogen and oxygen atoms in total. The lowest BCUT2D eigenvalue weighted by Gasteiger charge is -2.22. The first-order valence-corrected chi connectivity index (χ1v) is 9.61. The minimum absolute atomic E-state index is 0.253. The number of ether oxygens (including phenoxy) is 1. The van der Waals surface area contributed by atoms with Crippen molar-refractivity contribution in [2.45, 2.75) is 32.4 Å². The predicted molar refractivity (Wildman–Crippen MR) is 110 cm³/mol. The van der Waals surface area contributed by atoms with Crippen molar-refractivity contribution in [1.29, 1.82) is 0 Å². The number of carbonyl (C=O) groups excluding carboxylic acids is 4. The van der Waals surface area contributed by atoms with Crippen molar-refractivity contribution < 1.29 is 28.3 Å². The van der Waals surface area contributed by atoms with Gasteiger partial charge in [-0.05, 0) is 62.7 Å². The number of carbonyl (C=O) groups is 4. The van der Waals surface area contributed by atoms with Crippen LogP contribution in [-0.4, -0.2) is 41.4 Å². The molecule has 162 valence electrons. The van der Waals surface area contributed by atoms with Crippen LogP contribution in [0.25, 0.3) is 0 Å². The van der Waals surface area contributed by atoms with Crippen LogP contribution in [0.15, 0.2) is 48.5 Å². The quantitative estimate of drug-likeness (QED) is 0.545. The van der Waals surface area contributed by atoms with Gasteiger partial charge in [0.1, 0.15) is 17.9 Å². The fourth-order valence-corrected chi connectivity index (χ4v) is 3.14. The van der Waals surface area contributed by atoms with Gasteiger partial charge in [0.2, 0.25) is 5.91 Å². The molecule has 3 rings (SSSR count). The van der Waals surface area contributed by atoms with Crippen molar-refractivity contribution in [3.63, 3.8) is 0 Å². The van der Waals surface area contributed by atoms with Crippen molar-refractivity contribution in [2.24, 2.45) is 0 Å². The number of nitrogens with zero attached hydrogens (tertiary/aromatic N) is 1. The SMILES string of the molecule is CC(C)OC(=O)c1ccc(NC(=O)CN2C(=O)NC(C)(c3ccc(F)cc3)C2=O)cc1. The Hall–Kier alpha value is -3.75. The normalized spacial score (nSPS) is 18.2. The van der Waals surface area contributed by atoms with Gasteiger partial charge in [0.15, 0.2) is 0 Å². The van der Waals surface area contributed by atoms with Crippen molar-refractivity contribution in [3.05, 3.63) is 65.5 Å². The zero-order valence-corrected chi connectivity index (χ0v) is 17.3. The van der Waals surface area contributed by atoms with Gasteiger partial charge in [0, 0.05) is 5.69 Å². The maximum Gasteiger partial charge on any atom is 0.338 e. The number of hydrogen-bond donors (Lipinski definition) is 2. The van der Waals surface area contributed by atoms with Crippen LogP contribution in [-0.2, 0) is 19.9 Å². The first-order valence-electron chi connectivity index (χ1n) is 9.61. The van der Waals surface area contributed by atoms with E-state index in [1.54, 1.807) is 13.8 Å². The highest BCUT2D eigenvalue weighted by atomic mass is 19.1. The molecule has 2 aromatic rings. The van der Waals surface area contributed by atoms with Gasteiger partial charge in [-0.2, -0.15) is 0 Å². The van der Waals surface area contributed by atoms with Gasteiger partial charge in [-0.3, -0.25) is 14.5 Å². The summed E-state index contributed by atoms with van der Waals surface area (Å²) < 4.78 is 18.3. The van der Waals surface area contributed by atoms with E-state index in [0.29, 0.717) is 16.8 Å². The summed E-state index contributed by atoms with van der Waals surface area (Å²) in [5.74, 6) is -2.16. The van der Waals surface area contributed by atoms with Crippen LogP contribution in [0.3, 0.4) is 0 Å². The molecule has 1 aliphatic rings. The molecule has 31 heavy (non-hydrogen) atoms. The third kappa shape index (κ3) is 4.71. The van der Waals surface area contributed by atoms with Gasteiger partial charge < -0.3 is 15.4 Å². The molecule has 9 heteroatoms. The summed E-state index contributed by atoms with van der Waals surface area (Å²) in [6.07, 6.45) is -0.253. The molecule has 1 atom stereocenters. The van der Waals surface area contributed by atoms with E-state index in [0.717, 1.165) is 4.90 Å². The van der Waals surface area contributed by atoms with Gasteiger partial charge >= 0.3 is 12.0 Å².